The minimum absolute atomic E-state index is 0.134. The lowest BCUT2D eigenvalue weighted by molar-refractivity contribution is -0.0222. The maximum Gasteiger partial charge on any atom is 0.347 e. The van der Waals surface area contributed by atoms with E-state index in [0.717, 1.165) is 4.90 Å². The summed E-state index contributed by atoms with van der Waals surface area (Å²) in [5.74, 6) is 0. The van der Waals surface area contributed by atoms with E-state index in [9.17, 15) is 17.8 Å². The van der Waals surface area contributed by atoms with E-state index in [1.165, 1.54) is 6.08 Å². The zero-order chi connectivity index (χ0) is 12.8. The molecule has 0 aromatic carbocycles. The third kappa shape index (κ3) is 1.97. The van der Waals surface area contributed by atoms with Crippen molar-refractivity contribution in [2.24, 2.45) is 0 Å². The van der Waals surface area contributed by atoms with Crippen LogP contribution in [-0.2, 0) is 14.7 Å². The second kappa shape index (κ2) is 3.69. The molecule has 0 aromatic rings. The van der Waals surface area contributed by atoms with Gasteiger partial charge in [0.1, 0.15) is 12.1 Å². The van der Waals surface area contributed by atoms with Gasteiger partial charge in [-0.3, -0.25) is 0 Å². The highest BCUT2D eigenvalue weighted by atomic mass is 32.3. The van der Waals surface area contributed by atoms with Crippen molar-refractivity contribution in [3.8, 4) is 6.07 Å². The second-order valence-corrected chi connectivity index (χ2v) is 4.71. The largest absolute Gasteiger partial charge is 0.724 e. The van der Waals surface area contributed by atoms with Gasteiger partial charge in [0, 0.05) is 0 Å². The molecule has 2 aliphatic rings. The van der Waals surface area contributed by atoms with Crippen LogP contribution in [0.4, 0.5) is 4.79 Å². The molecule has 0 aliphatic carbocycles. The molecule has 2 aliphatic heterocycles. The molecule has 0 saturated carbocycles. The number of hydroxylamine groups is 2. The fourth-order valence-corrected chi connectivity index (χ4v) is 2.26. The number of hydrogen-bond donors (Lipinski definition) is 0. The maximum absolute atomic E-state index is 11.7. The summed E-state index contributed by atoms with van der Waals surface area (Å²) in [6.45, 7) is 1.77. The Kier molecular flexibility index (Phi) is 2.57. The smallest absolute Gasteiger partial charge is 0.347 e. The first kappa shape index (κ1) is 11.8. The van der Waals surface area contributed by atoms with Crippen molar-refractivity contribution in [3.05, 3.63) is 11.6 Å². The molecule has 9 heteroatoms. The third-order valence-electron chi connectivity index (χ3n) is 2.67. The van der Waals surface area contributed by atoms with Crippen LogP contribution >= 0.6 is 0 Å². The van der Waals surface area contributed by atoms with Crippen molar-refractivity contribution < 1.29 is 22.0 Å². The first-order valence-corrected chi connectivity index (χ1v) is 6.00. The van der Waals surface area contributed by atoms with Gasteiger partial charge in [0.25, 0.3) is 0 Å². The molecule has 2 atom stereocenters. The third-order valence-corrected chi connectivity index (χ3v) is 3.02. The summed E-state index contributed by atoms with van der Waals surface area (Å²) < 4.78 is 35.6. The van der Waals surface area contributed by atoms with Crippen LogP contribution in [0.15, 0.2) is 11.6 Å². The summed E-state index contributed by atoms with van der Waals surface area (Å²) in [5, 5.41) is 9.34. The predicted octanol–water partition coefficient (Wildman–Crippen LogP) is -0.664. The zero-order valence-electron chi connectivity index (χ0n) is 8.73. The average molecular weight is 258 g/mol. The SMILES string of the molecule is CC1=C[C@@H](C#N)N2C[C@@H]1N(OS(=O)(=O)[O-])C2=O. The molecule has 2 bridgehead atoms. The van der Waals surface area contributed by atoms with Gasteiger partial charge in [0.2, 0.25) is 10.4 Å². The topological polar surface area (TPSA) is 114 Å². The Morgan fingerprint density at radius 3 is 2.82 bits per heavy atom. The maximum atomic E-state index is 11.7. The monoisotopic (exact) mass is 258 g/mol. The quantitative estimate of drug-likeness (QED) is 0.369. The Labute approximate surface area is 97.6 Å². The van der Waals surface area contributed by atoms with Crippen LogP contribution in [0.1, 0.15) is 6.92 Å². The van der Waals surface area contributed by atoms with Crippen LogP contribution in [0.5, 0.6) is 0 Å². The number of hydrogen-bond acceptors (Lipinski definition) is 6. The Morgan fingerprint density at radius 1 is 1.65 bits per heavy atom. The van der Waals surface area contributed by atoms with E-state index < -0.39 is 28.5 Å². The Morgan fingerprint density at radius 2 is 2.29 bits per heavy atom. The highest BCUT2D eigenvalue weighted by molar-refractivity contribution is 7.80. The van der Waals surface area contributed by atoms with E-state index in [1.807, 2.05) is 6.07 Å². The molecule has 2 rings (SSSR count). The van der Waals surface area contributed by atoms with Crippen LogP contribution in [-0.4, -0.2) is 47.6 Å². The Balaban J connectivity index is 2.33. The van der Waals surface area contributed by atoms with Crippen molar-refractivity contribution in [1.29, 1.82) is 5.26 Å². The fourth-order valence-electron chi connectivity index (χ4n) is 1.90. The van der Waals surface area contributed by atoms with Crippen LogP contribution in [0.3, 0.4) is 0 Å². The number of amides is 2. The molecular formula is C8H8N3O5S-. The number of rotatable bonds is 2. The summed E-state index contributed by atoms with van der Waals surface area (Å²) in [6.07, 6.45) is 1.53. The van der Waals surface area contributed by atoms with Gasteiger partial charge in [-0.15, -0.1) is 0 Å². The summed E-state index contributed by atoms with van der Waals surface area (Å²) in [6, 6.07) is -0.308. The lowest BCUT2D eigenvalue weighted by atomic mass is 10.0. The van der Waals surface area contributed by atoms with E-state index in [1.54, 1.807) is 6.92 Å². The molecule has 0 spiro atoms. The van der Waals surface area contributed by atoms with Gasteiger partial charge in [-0.05, 0) is 18.6 Å². The summed E-state index contributed by atoms with van der Waals surface area (Å²) in [7, 11) is -5.01. The van der Waals surface area contributed by atoms with Gasteiger partial charge in [-0.25, -0.2) is 13.2 Å². The zero-order valence-corrected chi connectivity index (χ0v) is 9.55. The number of nitriles is 1. The van der Waals surface area contributed by atoms with Gasteiger partial charge < -0.3 is 9.45 Å². The number of carbonyl (C=O) groups is 1. The van der Waals surface area contributed by atoms with Crippen LogP contribution < -0.4 is 0 Å². The van der Waals surface area contributed by atoms with E-state index in [0.29, 0.717) is 10.6 Å². The molecule has 17 heavy (non-hydrogen) atoms. The number of urea groups is 1. The molecule has 0 N–H and O–H groups in total. The van der Waals surface area contributed by atoms with Gasteiger partial charge in [0.15, 0.2) is 0 Å². The lowest BCUT2D eigenvalue weighted by Crippen LogP contribution is -2.37. The molecule has 2 heterocycles. The molecule has 2 amide bonds. The standard InChI is InChI=1S/C8H9N3O5S/c1-5-2-6(3-9)10-4-7(5)11(8(10)12)16-17(13,14)15/h2,6-7H,4H2,1H3,(H,13,14,15)/p-1/t6-,7-/m0/s1. The summed E-state index contributed by atoms with van der Waals surface area (Å²) in [4.78, 5) is 12.9. The molecule has 0 aromatic heterocycles. The van der Waals surface area contributed by atoms with Gasteiger partial charge in [-0.1, -0.05) is 0 Å². The van der Waals surface area contributed by atoms with E-state index in [4.69, 9.17) is 5.26 Å². The minimum Gasteiger partial charge on any atom is -0.724 e. The Bertz CT molecular complexity index is 534. The molecule has 1 saturated heterocycles. The molecule has 92 valence electrons. The van der Waals surface area contributed by atoms with Crippen molar-refractivity contribution >= 4 is 16.4 Å². The predicted molar refractivity (Wildman–Crippen MR) is 51.7 cm³/mol. The van der Waals surface area contributed by atoms with Crippen molar-refractivity contribution in [2.75, 3.05) is 6.54 Å². The summed E-state index contributed by atoms with van der Waals surface area (Å²) >= 11 is 0. The van der Waals surface area contributed by atoms with Crippen LogP contribution in [0, 0.1) is 11.3 Å². The highest BCUT2D eigenvalue weighted by Gasteiger charge is 2.46. The van der Waals surface area contributed by atoms with E-state index in [2.05, 4.69) is 4.28 Å². The number of carbonyl (C=O) groups excluding carboxylic acids is 1. The first-order chi connectivity index (χ1) is 7.83. The minimum atomic E-state index is -5.01. The van der Waals surface area contributed by atoms with Crippen LogP contribution in [0.25, 0.3) is 0 Å². The molecule has 0 radical (unpaired) electrons. The number of fused-ring (bicyclic) bond motifs is 2. The molecular weight excluding hydrogens is 250 g/mol. The Hall–Kier alpha value is -1.63. The summed E-state index contributed by atoms with van der Waals surface area (Å²) in [5.41, 5.74) is 0.613. The highest BCUT2D eigenvalue weighted by Crippen LogP contribution is 2.30. The van der Waals surface area contributed by atoms with E-state index in [-0.39, 0.29) is 6.54 Å². The second-order valence-electron chi connectivity index (χ2n) is 3.74. The van der Waals surface area contributed by atoms with Gasteiger partial charge in [0.05, 0.1) is 12.6 Å². The number of nitrogens with zero attached hydrogens (tertiary/aromatic N) is 3. The van der Waals surface area contributed by atoms with Crippen LogP contribution in [0.2, 0.25) is 0 Å². The first-order valence-electron chi connectivity index (χ1n) is 4.66. The van der Waals surface area contributed by atoms with Crippen molar-refractivity contribution in [1.82, 2.24) is 9.96 Å². The van der Waals surface area contributed by atoms with Crippen molar-refractivity contribution in [3.63, 3.8) is 0 Å². The molecule has 1 fully saturated rings. The van der Waals surface area contributed by atoms with Crippen molar-refractivity contribution in [2.45, 2.75) is 19.0 Å². The average Bonchev–Trinajstić information content (AvgIpc) is 2.48. The lowest BCUT2D eigenvalue weighted by Gasteiger charge is -2.24. The normalized spacial score (nSPS) is 28.1. The van der Waals surface area contributed by atoms with Gasteiger partial charge >= 0.3 is 6.03 Å². The molecule has 8 nitrogen and oxygen atoms in total. The van der Waals surface area contributed by atoms with Gasteiger partial charge in [-0.2, -0.15) is 14.6 Å². The molecule has 0 unspecified atom stereocenters. The fraction of sp³-hybridized carbons (Fsp3) is 0.500. The van der Waals surface area contributed by atoms with E-state index >= 15 is 0 Å².